The van der Waals surface area contributed by atoms with Gasteiger partial charge in [-0.2, -0.15) is 0 Å². The third-order valence-corrected chi connectivity index (χ3v) is 1.82. The molecular weight excluding hydrogens is 140 g/mol. The molecule has 3 nitrogen and oxygen atoms in total. The first-order valence-corrected chi connectivity index (χ1v) is 3.83. The summed E-state index contributed by atoms with van der Waals surface area (Å²) in [6, 6.07) is -0.0927. The van der Waals surface area contributed by atoms with Crippen molar-refractivity contribution in [3.05, 3.63) is 12.7 Å². The van der Waals surface area contributed by atoms with Crippen molar-refractivity contribution in [1.29, 1.82) is 0 Å². The van der Waals surface area contributed by atoms with Crippen molar-refractivity contribution < 1.29 is 4.79 Å². The molecule has 0 spiro atoms. The number of amides is 2. The van der Waals surface area contributed by atoms with Crippen LogP contribution in [0.15, 0.2) is 12.7 Å². The Kier molecular flexibility index (Phi) is 2.17. The second-order valence-corrected chi connectivity index (χ2v) is 3.18. The van der Waals surface area contributed by atoms with Crippen LogP contribution in [0.3, 0.4) is 0 Å². The summed E-state index contributed by atoms with van der Waals surface area (Å²) in [4.78, 5) is 11.0. The van der Waals surface area contributed by atoms with Crippen molar-refractivity contribution in [2.75, 3.05) is 6.54 Å². The van der Waals surface area contributed by atoms with Gasteiger partial charge >= 0.3 is 6.03 Å². The zero-order valence-corrected chi connectivity index (χ0v) is 6.81. The zero-order chi connectivity index (χ0) is 8.32. The molecule has 0 atom stereocenters. The molecule has 11 heavy (non-hydrogen) atoms. The Balaban J connectivity index is 2.15. The van der Waals surface area contributed by atoms with E-state index in [0.29, 0.717) is 6.54 Å². The van der Waals surface area contributed by atoms with Gasteiger partial charge in [-0.1, -0.05) is 6.08 Å². The standard InChI is InChI=1S/C8H14N2O/c1-3-6-9-7(11)10-8(2)4-5-8/h3H,1,4-6H2,2H3,(H2,9,10,11). The lowest BCUT2D eigenvalue weighted by molar-refractivity contribution is 0.238. The molecule has 0 heterocycles. The Morgan fingerprint density at radius 3 is 2.82 bits per heavy atom. The highest BCUT2D eigenvalue weighted by Gasteiger charge is 2.38. The Labute approximate surface area is 66.9 Å². The van der Waals surface area contributed by atoms with Crippen molar-refractivity contribution in [3.8, 4) is 0 Å². The van der Waals surface area contributed by atoms with E-state index in [1.165, 1.54) is 0 Å². The number of rotatable bonds is 3. The van der Waals surface area contributed by atoms with Gasteiger partial charge in [-0.25, -0.2) is 4.79 Å². The fraction of sp³-hybridized carbons (Fsp3) is 0.625. The molecule has 0 aliphatic heterocycles. The fourth-order valence-corrected chi connectivity index (χ4v) is 0.796. The highest BCUT2D eigenvalue weighted by molar-refractivity contribution is 5.75. The van der Waals surface area contributed by atoms with Gasteiger partial charge in [0.2, 0.25) is 0 Å². The fourth-order valence-electron chi connectivity index (χ4n) is 0.796. The van der Waals surface area contributed by atoms with E-state index in [9.17, 15) is 4.79 Å². The van der Waals surface area contributed by atoms with Crippen molar-refractivity contribution >= 4 is 6.03 Å². The van der Waals surface area contributed by atoms with E-state index in [4.69, 9.17) is 0 Å². The first-order valence-electron chi connectivity index (χ1n) is 3.83. The van der Waals surface area contributed by atoms with Gasteiger partial charge in [-0.15, -0.1) is 6.58 Å². The van der Waals surface area contributed by atoms with Gasteiger partial charge < -0.3 is 10.6 Å². The van der Waals surface area contributed by atoms with Crippen LogP contribution in [0.1, 0.15) is 19.8 Å². The number of nitrogens with one attached hydrogen (secondary N) is 2. The van der Waals surface area contributed by atoms with Crippen LogP contribution in [0.4, 0.5) is 4.79 Å². The topological polar surface area (TPSA) is 41.1 Å². The summed E-state index contributed by atoms with van der Waals surface area (Å²) in [7, 11) is 0. The highest BCUT2D eigenvalue weighted by atomic mass is 16.2. The molecule has 2 amide bonds. The molecule has 0 saturated heterocycles. The summed E-state index contributed by atoms with van der Waals surface area (Å²) < 4.78 is 0. The molecule has 2 N–H and O–H groups in total. The van der Waals surface area contributed by atoms with Crippen LogP contribution < -0.4 is 10.6 Å². The van der Waals surface area contributed by atoms with Crippen LogP contribution in [-0.4, -0.2) is 18.1 Å². The maximum Gasteiger partial charge on any atom is 0.315 e. The summed E-state index contributed by atoms with van der Waals surface area (Å²) in [5, 5.41) is 5.53. The zero-order valence-electron chi connectivity index (χ0n) is 6.81. The first kappa shape index (κ1) is 8.11. The lowest BCUT2D eigenvalue weighted by Gasteiger charge is -2.10. The second-order valence-electron chi connectivity index (χ2n) is 3.18. The molecule has 0 aromatic carbocycles. The lowest BCUT2D eigenvalue weighted by atomic mass is 10.3. The lowest BCUT2D eigenvalue weighted by Crippen LogP contribution is -2.42. The van der Waals surface area contributed by atoms with Crippen molar-refractivity contribution in [2.24, 2.45) is 0 Å². The van der Waals surface area contributed by atoms with E-state index in [0.717, 1.165) is 12.8 Å². The Morgan fingerprint density at radius 2 is 2.36 bits per heavy atom. The molecule has 1 rings (SSSR count). The molecule has 0 bridgehead atoms. The van der Waals surface area contributed by atoms with Crippen molar-refractivity contribution in [2.45, 2.75) is 25.3 Å². The van der Waals surface area contributed by atoms with E-state index >= 15 is 0 Å². The first-order chi connectivity index (χ1) is 5.16. The van der Waals surface area contributed by atoms with Gasteiger partial charge in [0.25, 0.3) is 0 Å². The smallest absolute Gasteiger partial charge is 0.315 e. The van der Waals surface area contributed by atoms with Gasteiger partial charge in [0.1, 0.15) is 0 Å². The molecular formula is C8H14N2O. The van der Waals surface area contributed by atoms with Gasteiger partial charge in [-0.05, 0) is 19.8 Å². The number of carbonyl (C=O) groups excluding carboxylic acids is 1. The average Bonchev–Trinajstić information content (AvgIpc) is 2.63. The van der Waals surface area contributed by atoms with E-state index in [2.05, 4.69) is 17.2 Å². The second kappa shape index (κ2) is 2.95. The number of hydrogen-bond acceptors (Lipinski definition) is 1. The van der Waals surface area contributed by atoms with Crippen LogP contribution in [0, 0.1) is 0 Å². The molecule has 0 unspecified atom stereocenters. The van der Waals surface area contributed by atoms with Crippen LogP contribution >= 0.6 is 0 Å². The molecule has 1 aliphatic carbocycles. The third-order valence-electron chi connectivity index (χ3n) is 1.82. The van der Waals surface area contributed by atoms with E-state index in [1.807, 2.05) is 6.92 Å². The van der Waals surface area contributed by atoms with Crippen molar-refractivity contribution in [1.82, 2.24) is 10.6 Å². The number of carbonyl (C=O) groups is 1. The highest BCUT2D eigenvalue weighted by Crippen LogP contribution is 2.33. The molecule has 1 saturated carbocycles. The van der Waals surface area contributed by atoms with Crippen LogP contribution in [0.25, 0.3) is 0 Å². The van der Waals surface area contributed by atoms with Crippen LogP contribution in [-0.2, 0) is 0 Å². The predicted molar refractivity (Wildman–Crippen MR) is 44.4 cm³/mol. The van der Waals surface area contributed by atoms with Crippen molar-refractivity contribution in [3.63, 3.8) is 0 Å². The van der Waals surface area contributed by atoms with Crippen LogP contribution in [0.5, 0.6) is 0 Å². The molecule has 0 aromatic rings. The molecule has 62 valence electrons. The molecule has 0 radical (unpaired) electrons. The molecule has 1 aliphatic rings. The van der Waals surface area contributed by atoms with E-state index in [1.54, 1.807) is 6.08 Å². The van der Waals surface area contributed by atoms with Gasteiger partial charge in [0.15, 0.2) is 0 Å². The van der Waals surface area contributed by atoms with Gasteiger partial charge in [0.05, 0.1) is 0 Å². The minimum absolute atomic E-state index is 0.0747. The predicted octanol–water partition coefficient (Wildman–Crippen LogP) is 1.02. The number of urea groups is 1. The van der Waals surface area contributed by atoms with E-state index < -0.39 is 0 Å². The Hall–Kier alpha value is -0.990. The summed E-state index contributed by atoms with van der Waals surface area (Å²) >= 11 is 0. The summed E-state index contributed by atoms with van der Waals surface area (Å²) in [6.45, 7) is 6.07. The minimum Gasteiger partial charge on any atom is -0.335 e. The maximum absolute atomic E-state index is 11.0. The minimum atomic E-state index is -0.0927. The largest absolute Gasteiger partial charge is 0.335 e. The Morgan fingerprint density at radius 1 is 1.73 bits per heavy atom. The van der Waals surface area contributed by atoms with Gasteiger partial charge in [0, 0.05) is 12.1 Å². The molecule has 1 fully saturated rings. The monoisotopic (exact) mass is 154 g/mol. The molecule has 3 heteroatoms. The summed E-state index contributed by atoms with van der Waals surface area (Å²) in [6.07, 6.45) is 3.85. The Bertz CT molecular complexity index is 173. The van der Waals surface area contributed by atoms with Gasteiger partial charge in [-0.3, -0.25) is 0 Å². The van der Waals surface area contributed by atoms with Crippen LogP contribution in [0.2, 0.25) is 0 Å². The summed E-state index contributed by atoms with van der Waals surface area (Å²) in [5.41, 5.74) is 0.0747. The number of hydrogen-bond donors (Lipinski definition) is 2. The normalized spacial score (nSPS) is 18.6. The average molecular weight is 154 g/mol. The maximum atomic E-state index is 11.0. The molecule has 0 aromatic heterocycles. The van der Waals surface area contributed by atoms with E-state index in [-0.39, 0.29) is 11.6 Å². The summed E-state index contributed by atoms with van der Waals surface area (Å²) in [5.74, 6) is 0. The quantitative estimate of drug-likeness (QED) is 0.585. The SMILES string of the molecule is C=CCNC(=O)NC1(C)CC1. The third kappa shape index (κ3) is 2.62.